The fourth-order valence-electron chi connectivity index (χ4n) is 7.15. The molecule has 0 amide bonds. The second-order valence-corrected chi connectivity index (χ2v) is 11.8. The number of halogens is 6. The molecule has 0 unspecified atom stereocenters. The van der Waals surface area contributed by atoms with Crippen LogP contribution in [0.3, 0.4) is 0 Å². The van der Waals surface area contributed by atoms with Gasteiger partial charge in [0.2, 0.25) is 0 Å². The summed E-state index contributed by atoms with van der Waals surface area (Å²) in [6.07, 6.45) is -2.81. The van der Waals surface area contributed by atoms with E-state index < -0.39 is 23.5 Å². The van der Waals surface area contributed by atoms with Crippen molar-refractivity contribution in [1.29, 1.82) is 0 Å². The molecule has 196 valence electrons. The van der Waals surface area contributed by atoms with Crippen molar-refractivity contribution in [2.75, 3.05) is 0 Å². The number of nitrogens with zero attached hydrogens (tertiary/aromatic N) is 3. The zero-order chi connectivity index (χ0) is 26.0. The summed E-state index contributed by atoms with van der Waals surface area (Å²) >= 11 is 1.11. The molecule has 0 N–H and O–H groups in total. The van der Waals surface area contributed by atoms with Crippen molar-refractivity contribution >= 4 is 11.8 Å². The van der Waals surface area contributed by atoms with Crippen LogP contribution in [0.2, 0.25) is 0 Å². The van der Waals surface area contributed by atoms with E-state index in [1.807, 2.05) is 34.9 Å². The molecule has 10 heteroatoms. The fraction of sp³-hybridized carbons (Fsp3) is 0.481. The molecule has 4 aliphatic rings. The molecular weight excluding hydrogens is 512 g/mol. The third kappa shape index (κ3) is 4.66. The van der Waals surface area contributed by atoms with Crippen molar-refractivity contribution in [3.8, 4) is 5.69 Å². The average Bonchev–Trinajstić information content (AvgIpc) is 3.26. The highest BCUT2D eigenvalue weighted by Crippen LogP contribution is 2.60. The van der Waals surface area contributed by atoms with Crippen LogP contribution in [0.4, 0.5) is 26.3 Å². The van der Waals surface area contributed by atoms with Crippen molar-refractivity contribution in [1.82, 2.24) is 14.8 Å². The van der Waals surface area contributed by atoms with E-state index in [0.29, 0.717) is 22.9 Å². The van der Waals surface area contributed by atoms with Crippen LogP contribution in [0.5, 0.6) is 0 Å². The highest BCUT2D eigenvalue weighted by molar-refractivity contribution is 7.98. The zero-order valence-electron chi connectivity index (χ0n) is 19.8. The van der Waals surface area contributed by atoms with E-state index >= 15 is 0 Å². The summed E-state index contributed by atoms with van der Waals surface area (Å²) in [5, 5.41) is 9.55. The first-order valence-corrected chi connectivity index (χ1v) is 13.4. The lowest BCUT2D eigenvalue weighted by atomic mass is 9.49. The maximum atomic E-state index is 13.3. The predicted molar refractivity (Wildman–Crippen MR) is 127 cm³/mol. The minimum absolute atomic E-state index is 0.0638. The molecular formula is C27H25F6N3S. The fourth-order valence-corrected chi connectivity index (χ4v) is 8.03. The summed E-state index contributed by atoms with van der Waals surface area (Å²) in [5.74, 6) is 2.80. The lowest BCUT2D eigenvalue weighted by Gasteiger charge is -2.56. The first-order valence-electron chi connectivity index (χ1n) is 12.4. The SMILES string of the molecule is FC(F)(F)c1cc(CSc2nnc(C34CC5CC(CC(C5)C3)C4)n2-c2ccccc2)cc(C(F)(F)F)c1. The van der Waals surface area contributed by atoms with Gasteiger partial charge in [-0.25, -0.2) is 0 Å². The molecule has 4 aliphatic carbocycles. The van der Waals surface area contributed by atoms with E-state index in [9.17, 15) is 26.3 Å². The molecule has 3 aromatic rings. The Bertz CT molecular complexity index is 1230. The quantitative estimate of drug-likeness (QED) is 0.244. The van der Waals surface area contributed by atoms with E-state index in [2.05, 4.69) is 10.2 Å². The number of aromatic nitrogens is 3. The number of thioether (sulfide) groups is 1. The van der Waals surface area contributed by atoms with E-state index in [1.165, 1.54) is 19.3 Å². The van der Waals surface area contributed by atoms with E-state index in [1.54, 1.807) is 0 Å². The van der Waals surface area contributed by atoms with Crippen LogP contribution in [-0.4, -0.2) is 14.8 Å². The molecule has 0 aliphatic heterocycles. The van der Waals surface area contributed by atoms with E-state index in [0.717, 1.165) is 54.7 Å². The van der Waals surface area contributed by atoms with Gasteiger partial charge in [-0.1, -0.05) is 30.0 Å². The number of rotatable bonds is 5. The molecule has 0 radical (unpaired) electrons. The van der Waals surface area contributed by atoms with Gasteiger partial charge in [0, 0.05) is 16.9 Å². The maximum Gasteiger partial charge on any atom is 0.416 e. The lowest BCUT2D eigenvalue weighted by molar-refractivity contribution is -0.143. The molecule has 0 spiro atoms. The Kier molecular flexibility index (Phi) is 5.89. The van der Waals surface area contributed by atoms with Gasteiger partial charge in [0.15, 0.2) is 5.16 Å². The predicted octanol–water partition coefficient (Wildman–Crippen LogP) is 8.07. The summed E-state index contributed by atoms with van der Waals surface area (Å²) in [5.41, 5.74) is -1.92. The average molecular weight is 538 g/mol. The lowest BCUT2D eigenvalue weighted by Crippen LogP contribution is -2.49. The summed E-state index contributed by atoms with van der Waals surface area (Å²) in [6, 6.07) is 11.3. The summed E-state index contributed by atoms with van der Waals surface area (Å²) in [4.78, 5) is 0. The third-order valence-corrected chi connectivity index (χ3v) is 9.18. The minimum Gasteiger partial charge on any atom is -0.274 e. The smallest absolute Gasteiger partial charge is 0.274 e. The Labute approximate surface area is 214 Å². The molecule has 3 nitrogen and oxygen atoms in total. The van der Waals surface area contributed by atoms with Gasteiger partial charge in [-0.05, 0) is 92.2 Å². The normalized spacial score (nSPS) is 27.1. The maximum absolute atomic E-state index is 13.3. The van der Waals surface area contributed by atoms with Crippen molar-refractivity contribution < 1.29 is 26.3 Å². The Hall–Kier alpha value is -2.49. The van der Waals surface area contributed by atoms with Gasteiger partial charge in [-0.3, -0.25) is 4.57 Å². The van der Waals surface area contributed by atoms with Crippen LogP contribution in [-0.2, 0) is 23.5 Å². The first kappa shape index (κ1) is 24.8. The Morgan fingerprint density at radius 3 is 1.84 bits per heavy atom. The molecule has 1 heterocycles. The number of hydrogen-bond acceptors (Lipinski definition) is 3. The van der Waals surface area contributed by atoms with E-state index in [4.69, 9.17) is 0 Å². The molecule has 4 saturated carbocycles. The van der Waals surface area contributed by atoms with Gasteiger partial charge in [-0.15, -0.1) is 10.2 Å². The van der Waals surface area contributed by atoms with Crippen molar-refractivity contribution in [2.45, 2.75) is 67.2 Å². The van der Waals surface area contributed by atoms with Gasteiger partial charge in [0.1, 0.15) is 5.82 Å². The number of hydrogen-bond donors (Lipinski definition) is 0. The molecule has 0 saturated heterocycles. The van der Waals surface area contributed by atoms with Crippen molar-refractivity contribution in [2.24, 2.45) is 17.8 Å². The molecule has 37 heavy (non-hydrogen) atoms. The largest absolute Gasteiger partial charge is 0.416 e. The van der Waals surface area contributed by atoms with Gasteiger partial charge < -0.3 is 0 Å². The van der Waals surface area contributed by atoms with Gasteiger partial charge in [0.25, 0.3) is 0 Å². The summed E-state index contributed by atoms with van der Waals surface area (Å²) in [7, 11) is 0. The summed E-state index contributed by atoms with van der Waals surface area (Å²) in [6.45, 7) is 0. The molecule has 2 aromatic carbocycles. The second-order valence-electron chi connectivity index (χ2n) is 10.9. The first-order chi connectivity index (χ1) is 17.5. The Balaban J connectivity index is 1.37. The van der Waals surface area contributed by atoms with Gasteiger partial charge >= 0.3 is 12.4 Å². The number of para-hydroxylation sites is 1. The van der Waals surface area contributed by atoms with E-state index in [-0.39, 0.29) is 22.8 Å². The second kappa shape index (κ2) is 8.78. The van der Waals surface area contributed by atoms with Crippen LogP contribution >= 0.6 is 11.8 Å². The number of benzene rings is 2. The molecule has 0 atom stereocenters. The van der Waals surface area contributed by atoms with Gasteiger partial charge in [-0.2, -0.15) is 26.3 Å². The topological polar surface area (TPSA) is 30.7 Å². The molecule has 7 rings (SSSR count). The highest BCUT2D eigenvalue weighted by atomic mass is 32.2. The molecule has 1 aromatic heterocycles. The zero-order valence-corrected chi connectivity index (χ0v) is 20.6. The Morgan fingerprint density at radius 1 is 0.784 bits per heavy atom. The van der Waals surface area contributed by atoms with Crippen LogP contribution in [0.1, 0.15) is 61.0 Å². The third-order valence-electron chi connectivity index (χ3n) is 8.18. The van der Waals surface area contributed by atoms with Crippen molar-refractivity contribution in [3.63, 3.8) is 0 Å². The summed E-state index contributed by atoms with van der Waals surface area (Å²) < 4.78 is 82.1. The molecule has 4 bridgehead atoms. The van der Waals surface area contributed by atoms with Crippen LogP contribution < -0.4 is 0 Å². The van der Waals surface area contributed by atoms with Crippen LogP contribution in [0.15, 0.2) is 53.7 Å². The van der Waals surface area contributed by atoms with Crippen LogP contribution in [0, 0.1) is 17.8 Å². The standard InChI is InChI=1S/C27H25F6N3S/c28-26(29,30)20-9-19(10-21(11-20)27(31,32)33)15-37-24-35-34-23(36(24)22-4-2-1-3-5-22)25-12-16-6-17(13-25)8-18(7-16)14-25/h1-5,9-11,16-18H,6-8,12-15H2. The monoisotopic (exact) mass is 537 g/mol. The van der Waals surface area contributed by atoms with Gasteiger partial charge in [0.05, 0.1) is 11.1 Å². The number of alkyl halides is 6. The van der Waals surface area contributed by atoms with Crippen molar-refractivity contribution in [3.05, 3.63) is 71.0 Å². The Morgan fingerprint density at radius 2 is 1.32 bits per heavy atom. The molecule has 4 fully saturated rings. The van der Waals surface area contributed by atoms with Crippen LogP contribution in [0.25, 0.3) is 5.69 Å². The minimum atomic E-state index is -4.88. The highest BCUT2D eigenvalue weighted by Gasteiger charge is 2.54.